The zero-order chi connectivity index (χ0) is 22.9. The lowest BCUT2D eigenvalue weighted by Crippen LogP contribution is -2.41. The number of thiocarbonyl (C=S) groups is 1. The molecule has 1 saturated heterocycles. The van der Waals surface area contributed by atoms with Crippen molar-refractivity contribution in [3.05, 3.63) is 87.8 Å². The highest BCUT2D eigenvalue weighted by Gasteiger charge is 2.31. The Balaban J connectivity index is 1.43. The van der Waals surface area contributed by atoms with Crippen LogP contribution in [0.15, 0.2) is 71.7 Å². The number of hydrogen-bond donors (Lipinski definition) is 2. The summed E-state index contributed by atoms with van der Waals surface area (Å²) in [6.07, 6.45) is 5.99. The van der Waals surface area contributed by atoms with Crippen LogP contribution in [0, 0.1) is 0 Å². The lowest BCUT2D eigenvalue weighted by molar-refractivity contribution is -0.124. The Morgan fingerprint density at radius 2 is 1.88 bits per heavy atom. The van der Waals surface area contributed by atoms with Crippen molar-refractivity contribution in [2.45, 2.75) is 12.8 Å². The van der Waals surface area contributed by atoms with Gasteiger partial charge < -0.3 is 0 Å². The number of hydrogen-bond acceptors (Lipinski definition) is 5. The van der Waals surface area contributed by atoms with Crippen molar-refractivity contribution in [1.29, 1.82) is 0 Å². The highest BCUT2D eigenvalue weighted by atomic mass is 35.5. The van der Waals surface area contributed by atoms with Gasteiger partial charge in [0, 0.05) is 23.6 Å². The van der Waals surface area contributed by atoms with Gasteiger partial charge in [-0.2, -0.15) is 0 Å². The van der Waals surface area contributed by atoms with E-state index in [9.17, 15) is 14.4 Å². The Labute approximate surface area is 200 Å². The molecule has 0 bridgehead atoms. The van der Waals surface area contributed by atoms with Crippen LogP contribution >= 0.6 is 35.6 Å². The third kappa shape index (κ3) is 6.78. The van der Waals surface area contributed by atoms with Gasteiger partial charge in [0.1, 0.15) is 4.32 Å². The molecule has 0 spiro atoms. The molecule has 0 atom stereocenters. The molecule has 1 aliphatic heterocycles. The van der Waals surface area contributed by atoms with Gasteiger partial charge in [-0.3, -0.25) is 30.1 Å². The molecule has 2 aromatic rings. The fraction of sp³-hybridized carbons (Fsp3) is 0.130. The van der Waals surface area contributed by atoms with Crippen molar-refractivity contribution in [1.82, 2.24) is 15.8 Å². The second-order valence-electron chi connectivity index (χ2n) is 6.74. The molecule has 1 heterocycles. The maximum absolute atomic E-state index is 12.6. The number of halogens is 1. The molecule has 0 aromatic heterocycles. The van der Waals surface area contributed by atoms with Crippen molar-refractivity contribution in [2.75, 3.05) is 6.54 Å². The maximum Gasteiger partial charge on any atom is 0.269 e. The molecular formula is C23H20ClN3O3S2. The molecule has 6 nitrogen and oxygen atoms in total. The molecule has 2 N–H and O–H groups in total. The third-order valence-corrected chi connectivity index (χ3v) is 6.03. The molecule has 2 aromatic carbocycles. The van der Waals surface area contributed by atoms with Crippen LogP contribution in [0.5, 0.6) is 0 Å². The van der Waals surface area contributed by atoms with Gasteiger partial charge in [0.15, 0.2) is 0 Å². The molecular weight excluding hydrogens is 466 g/mol. The molecule has 1 fully saturated rings. The minimum absolute atomic E-state index is 0.125. The van der Waals surface area contributed by atoms with Crippen molar-refractivity contribution >= 4 is 63.7 Å². The average molecular weight is 486 g/mol. The van der Waals surface area contributed by atoms with E-state index in [0.29, 0.717) is 32.8 Å². The van der Waals surface area contributed by atoms with Gasteiger partial charge in [0.05, 0.1) is 4.91 Å². The normalized spacial score (nSPS) is 14.9. The Morgan fingerprint density at radius 3 is 2.62 bits per heavy atom. The number of benzene rings is 2. The predicted octanol–water partition coefficient (Wildman–Crippen LogP) is 4.34. The van der Waals surface area contributed by atoms with Crippen LogP contribution in [-0.4, -0.2) is 33.5 Å². The van der Waals surface area contributed by atoms with Crippen LogP contribution < -0.4 is 10.9 Å². The van der Waals surface area contributed by atoms with Gasteiger partial charge in [-0.15, -0.1) is 0 Å². The quantitative estimate of drug-likeness (QED) is 0.346. The summed E-state index contributed by atoms with van der Waals surface area (Å²) in [5, 5.41) is 0.428. The molecule has 0 saturated carbocycles. The van der Waals surface area contributed by atoms with Crippen LogP contribution in [0.25, 0.3) is 6.08 Å². The van der Waals surface area contributed by atoms with Crippen LogP contribution in [-0.2, 0) is 9.59 Å². The molecule has 9 heteroatoms. The van der Waals surface area contributed by atoms with E-state index < -0.39 is 5.91 Å². The first-order chi connectivity index (χ1) is 15.4. The average Bonchev–Trinajstić information content (AvgIpc) is 3.05. The van der Waals surface area contributed by atoms with E-state index >= 15 is 0 Å². The van der Waals surface area contributed by atoms with Crippen molar-refractivity contribution in [3.8, 4) is 0 Å². The Hall–Kier alpha value is -2.94. The van der Waals surface area contributed by atoms with E-state index in [-0.39, 0.29) is 18.2 Å². The van der Waals surface area contributed by atoms with Gasteiger partial charge in [0.2, 0.25) is 5.91 Å². The summed E-state index contributed by atoms with van der Waals surface area (Å²) in [5.41, 5.74) is 6.07. The van der Waals surface area contributed by atoms with E-state index in [1.54, 1.807) is 24.3 Å². The zero-order valence-corrected chi connectivity index (χ0v) is 19.3. The summed E-state index contributed by atoms with van der Waals surface area (Å²) in [5.74, 6) is -1.01. The smallest absolute Gasteiger partial charge is 0.269 e. The number of allylic oxidation sites excluding steroid dienone is 2. The monoisotopic (exact) mass is 485 g/mol. The van der Waals surface area contributed by atoms with E-state index in [4.69, 9.17) is 23.8 Å². The Kier molecular flexibility index (Phi) is 8.61. The minimum Gasteiger partial charge on any atom is -0.293 e. The highest BCUT2D eigenvalue weighted by Crippen LogP contribution is 2.31. The third-order valence-electron chi connectivity index (χ3n) is 4.40. The largest absolute Gasteiger partial charge is 0.293 e. The second-order valence-corrected chi connectivity index (χ2v) is 8.85. The van der Waals surface area contributed by atoms with E-state index in [1.165, 1.54) is 22.7 Å². The standard InChI is InChI=1S/C23H20ClN3O3S2/c24-18-11-5-10-17(15-18)21(29)26-25-20(28)13-6-14-27-22(30)19(32-23(27)31)12-4-9-16-7-2-1-3-8-16/h1-5,7-12,15H,6,13-14H2,(H,25,28)(H,26,29). The van der Waals surface area contributed by atoms with Crippen molar-refractivity contribution in [2.24, 2.45) is 0 Å². The number of nitrogens with one attached hydrogen (secondary N) is 2. The lowest BCUT2D eigenvalue weighted by atomic mass is 10.2. The zero-order valence-electron chi connectivity index (χ0n) is 16.9. The number of nitrogens with zero attached hydrogens (tertiary/aromatic N) is 1. The molecule has 3 rings (SSSR count). The van der Waals surface area contributed by atoms with E-state index in [1.807, 2.05) is 42.5 Å². The highest BCUT2D eigenvalue weighted by molar-refractivity contribution is 8.26. The summed E-state index contributed by atoms with van der Waals surface area (Å²) in [6, 6.07) is 16.2. The fourth-order valence-electron chi connectivity index (χ4n) is 2.81. The van der Waals surface area contributed by atoms with Gasteiger partial charge in [-0.05, 0) is 36.3 Å². The number of carbonyl (C=O) groups excluding carboxylic acids is 3. The van der Waals surface area contributed by atoms with Crippen molar-refractivity contribution in [3.63, 3.8) is 0 Å². The topological polar surface area (TPSA) is 78.5 Å². The van der Waals surface area contributed by atoms with Gasteiger partial charge in [-0.1, -0.05) is 84.1 Å². The van der Waals surface area contributed by atoms with Crippen LogP contribution in [0.4, 0.5) is 0 Å². The number of rotatable bonds is 7. The predicted molar refractivity (Wildman–Crippen MR) is 132 cm³/mol. The van der Waals surface area contributed by atoms with Crippen LogP contribution in [0.2, 0.25) is 5.02 Å². The molecule has 164 valence electrons. The number of carbonyl (C=O) groups is 3. The fourth-order valence-corrected chi connectivity index (χ4v) is 4.26. The molecule has 32 heavy (non-hydrogen) atoms. The summed E-state index contributed by atoms with van der Waals surface area (Å²) >= 11 is 12.4. The maximum atomic E-state index is 12.6. The summed E-state index contributed by atoms with van der Waals surface area (Å²) in [6.45, 7) is 0.320. The Bertz CT molecular complexity index is 1090. The number of hydrazine groups is 1. The number of thioether (sulfide) groups is 1. The van der Waals surface area contributed by atoms with Crippen LogP contribution in [0.1, 0.15) is 28.8 Å². The summed E-state index contributed by atoms with van der Waals surface area (Å²) in [4.78, 5) is 38.6. The van der Waals surface area contributed by atoms with Gasteiger partial charge in [-0.25, -0.2) is 0 Å². The molecule has 0 unspecified atom stereocenters. The van der Waals surface area contributed by atoms with Crippen LogP contribution in [0.3, 0.4) is 0 Å². The first-order valence-corrected chi connectivity index (χ1v) is 11.4. The van der Waals surface area contributed by atoms with E-state index in [0.717, 1.165) is 5.56 Å². The molecule has 1 aliphatic rings. The minimum atomic E-state index is -0.466. The van der Waals surface area contributed by atoms with Gasteiger partial charge in [0.25, 0.3) is 11.8 Å². The number of amides is 3. The van der Waals surface area contributed by atoms with E-state index in [2.05, 4.69) is 10.9 Å². The lowest BCUT2D eigenvalue weighted by Gasteiger charge is -2.14. The molecule has 0 aliphatic carbocycles. The summed E-state index contributed by atoms with van der Waals surface area (Å²) in [7, 11) is 0. The SMILES string of the molecule is O=C(CCCN1C(=O)C(=CC=Cc2ccccc2)SC1=S)NNC(=O)c1cccc(Cl)c1. The molecule has 0 radical (unpaired) electrons. The Morgan fingerprint density at radius 1 is 1.09 bits per heavy atom. The van der Waals surface area contributed by atoms with Crippen molar-refractivity contribution < 1.29 is 14.4 Å². The first-order valence-electron chi connectivity index (χ1n) is 9.76. The first kappa shape index (κ1) is 23.7. The van der Waals surface area contributed by atoms with Gasteiger partial charge >= 0.3 is 0 Å². The molecule has 3 amide bonds. The second kappa shape index (κ2) is 11.6. The summed E-state index contributed by atoms with van der Waals surface area (Å²) < 4.78 is 0.462.